The highest BCUT2D eigenvalue weighted by molar-refractivity contribution is 6.30. The molecule has 7 heteroatoms. The number of halogens is 2. The van der Waals surface area contributed by atoms with Crippen molar-refractivity contribution in [3.63, 3.8) is 0 Å². The quantitative estimate of drug-likeness (QED) is 0.702. The van der Waals surface area contributed by atoms with Gasteiger partial charge in [0.15, 0.2) is 5.69 Å². The van der Waals surface area contributed by atoms with Crippen LogP contribution in [0.1, 0.15) is 35.9 Å². The second-order valence-corrected chi connectivity index (χ2v) is 6.70. The zero-order chi connectivity index (χ0) is 18.0. The molecule has 1 N–H and O–H groups in total. The van der Waals surface area contributed by atoms with Gasteiger partial charge >= 0.3 is 0 Å². The van der Waals surface area contributed by atoms with E-state index >= 15 is 0 Å². The highest BCUT2D eigenvalue weighted by Crippen LogP contribution is 2.23. The molecule has 5 nitrogen and oxygen atoms in total. The molecule has 0 aliphatic rings. The lowest BCUT2D eigenvalue weighted by molar-refractivity contribution is 0.102. The van der Waals surface area contributed by atoms with E-state index in [1.165, 1.54) is 0 Å². The Balaban J connectivity index is 1.94. The van der Waals surface area contributed by atoms with Crippen molar-refractivity contribution < 1.29 is 4.79 Å². The number of hydrogen-bond donors (Lipinski definition) is 1. The summed E-state index contributed by atoms with van der Waals surface area (Å²) in [6.45, 7) is 3.98. The maximum absolute atomic E-state index is 12.6. The maximum Gasteiger partial charge on any atom is 0.278 e. The van der Waals surface area contributed by atoms with E-state index in [9.17, 15) is 4.79 Å². The topological polar surface area (TPSA) is 59.8 Å². The van der Waals surface area contributed by atoms with Crippen LogP contribution in [0, 0.1) is 0 Å². The Bertz CT molecular complexity index is 886. The van der Waals surface area contributed by atoms with Gasteiger partial charge in [-0.3, -0.25) is 4.79 Å². The van der Waals surface area contributed by atoms with Crippen LogP contribution in [0.25, 0.3) is 5.69 Å². The van der Waals surface area contributed by atoms with Gasteiger partial charge in [-0.25, -0.2) is 4.68 Å². The number of nitrogens with one attached hydrogen (secondary N) is 1. The summed E-state index contributed by atoms with van der Waals surface area (Å²) < 4.78 is 1.66. The zero-order valence-electron chi connectivity index (χ0n) is 13.7. The average Bonchev–Trinajstić information content (AvgIpc) is 3.03. The summed E-state index contributed by atoms with van der Waals surface area (Å²) in [5.41, 5.74) is 2.46. The Hall–Kier alpha value is -2.37. The minimum absolute atomic E-state index is 0.0524. The van der Waals surface area contributed by atoms with Gasteiger partial charge in [0, 0.05) is 15.7 Å². The number of aromatic nitrogens is 3. The average molecular weight is 375 g/mol. The third-order valence-corrected chi connectivity index (χ3v) is 4.14. The van der Waals surface area contributed by atoms with Crippen LogP contribution in [0.2, 0.25) is 10.0 Å². The minimum atomic E-state index is -0.314. The SMILES string of the molecule is CC(C)c1c(C(=O)Nc2ccc(Cl)cc2)nnn1-c1ccc(Cl)cc1. The molecule has 0 aliphatic carbocycles. The highest BCUT2D eigenvalue weighted by Gasteiger charge is 2.23. The van der Waals surface area contributed by atoms with Crippen LogP contribution in [0.15, 0.2) is 48.5 Å². The highest BCUT2D eigenvalue weighted by atomic mass is 35.5. The van der Waals surface area contributed by atoms with Crippen LogP contribution in [-0.4, -0.2) is 20.9 Å². The fourth-order valence-electron chi connectivity index (χ4n) is 2.47. The Morgan fingerprint density at radius 3 is 2.12 bits per heavy atom. The molecule has 0 unspecified atom stereocenters. The number of hydrogen-bond acceptors (Lipinski definition) is 3. The molecule has 1 heterocycles. The fourth-order valence-corrected chi connectivity index (χ4v) is 2.72. The van der Waals surface area contributed by atoms with Gasteiger partial charge in [-0.15, -0.1) is 5.10 Å². The molecular weight excluding hydrogens is 359 g/mol. The van der Waals surface area contributed by atoms with E-state index in [-0.39, 0.29) is 11.8 Å². The van der Waals surface area contributed by atoms with Gasteiger partial charge < -0.3 is 5.32 Å². The van der Waals surface area contributed by atoms with Crippen molar-refractivity contribution in [3.05, 3.63) is 70.0 Å². The molecule has 128 valence electrons. The van der Waals surface area contributed by atoms with E-state index in [0.29, 0.717) is 21.4 Å². The van der Waals surface area contributed by atoms with E-state index in [1.807, 2.05) is 26.0 Å². The van der Waals surface area contributed by atoms with Gasteiger partial charge in [0.2, 0.25) is 0 Å². The number of carbonyl (C=O) groups excluding carboxylic acids is 1. The monoisotopic (exact) mass is 374 g/mol. The first-order valence-electron chi connectivity index (χ1n) is 7.74. The molecule has 3 rings (SSSR count). The lowest BCUT2D eigenvalue weighted by Gasteiger charge is -2.11. The van der Waals surface area contributed by atoms with Crippen molar-refractivity contribution in [3.8, 4) is 5.69 Å². The molecule has 25 heavy (non-hydrogen) atoms. The maximum atomic E-state index is 12.6. The van der Waals surface area contributed by atoms with Gasteiger partial charge in [0.25, 0.3) is 5.91 Å². The molecule has 0 radical (unpaired) electrons. The van der Waals surface area contributed by atoms with Crippen LogP contribution in [-0.2, 0) is 0 Å². The molecule has 2 aromatic carbocycles. The van der Waals surface area contributed by atoms with E-state index in [2.05, 4.69) is 15.6 Å². The van der Waals surface area contributed by atoms with Crippen LogP contribution < -0.4 is 5.32 Å². The van der Waals surface area contributed by atoms with Crippen molar-refractivity contribution >= 4 is 34.8 Å². The van der Waals surface area contributed by atoms with Crippen molar-refractivity contribution in [2.75, 3.05) is 5.32 Å². The Labute approximate surface area is 155 Å². The fraction of sp³-hybridized carbons (Fsp3) is 0.167. The molecule has 0 saturated carbocycles. The molecule has 0 bridgehead atoms. The van der Waals surface area contributed by atoms with E-state index in [1.54, 1.807) is 41.1 Å². The van der Waals surface area contributed by atoms with Crippen molar-refractivity contribution in [1.29, 1.82) is 0 Å². The van der Waals surface area contributed by atoms with Gasteiger partial charge in [0.1, 0.15) is 0 Å². The van der Waals surface area contributed by atoms with E-state index < -0.39 is 0 Å². The van der Waals surface area contributed by atoms with Crippen molar-refractivity contribution in [2.24, 2.45) is 0 Å². The summed E-state index contributed by atoms with van der Waals surface area (Å²) in [6, 6.07) is 14.1. The number of nitrogens with zero attached hydrogens (tertiary/aromatic N) is 3. The molecule has 0 fully saturated rings. The van der Waals surface area contributed by atoms with Crippen LogP contribution >= 0.6 is 23.2 Å². The van der Waals surface area contributed by atoms with Gasteiger partial charge in [-0.2, -0.15) is 0 Å². The molecule has 0 atom stereocenters. The van der Waals surface area contributed by atoms with Crippen molar-refractivity contribution in [2.45, 2.75) is 19.8 Å². The third kappa shape index (κ3) is 3.83. The standard InChI is InChI=1S/C18H16Cl2N4O/c1-11(2)17-16(18(25)21-14-7-3-12(19)4-8-14)22-23-24(17)15-9-5-13(20)6-10-15/h3-11H,1-2H3,(H,21,25). The number of anilines is 1. The Morgan fingerprint density at radius 2 is 1.56 bits per heavy atom. The van der Waals surface area contributed by atoms with Crippen molar-refractivity contribution in [1.82, 2.24) is 15.0 Å². The van der Waals surface area contributed by atoms with Gasteiger partial charge in [-0.1, -0.05) is 42.3 Å². The second-order valence-electron chi connectivity index (χ2n) is 5.83. The first-order valence-corrected chi connectivity index (χ1v) is 8.49. The smallest absolute Gasteiger partial charge is 0.278 e. The number of benzene rings is 2. The van der Waals surface area contributed by atoms with Gasteiger partial charge in [0.05, 0.1) is 11.4 Å². The van der Waals surface area contributed by atoms with Gasteiger partial charge in [-0.05, 0) is 54.4 Å². The summed E-state index contributed by atoms with van der Waals surface area (Å²) in [7, 11) is 0. The molecule has 1 aromatic heterocycles. The first kappa shape index (κ1) is 17.5. The lowest BCUT2D eigenvalue weighted by atomic mass is 10.1. The predicted octanol–water partition coefficient (Wildman–Crippen LogP) is 4.95. The second kappa shape index (κ2) is 7.25. The van der Waals surface area contributed by atoms with E-state index in [0.717, 1.165) is 11.4 Å². The number of amides is 1. The van der Waals surface area contributed by atoms with Crippen LogP contribution in [0.3, 0.4) is 0 Å². The molecule has 0 spiro atoms. The Kier molecular flexibility index (Phi) is 5.06. The normalized spacial score (nSPS) is 10.9. The minimum Gasteiger partial charge on any atom is -0.321 e. The van der Waals surface area contributed by atoms with Crippen LogP contribution in [0.4, 0.5) is 5.69 Å². The summed E-state index contributed by atoms with van der Waals surface area (Å²) in [5, 5.41) is 12.3. The molecule has 0 aliphatic heterocycles. The molecule has 1 amide bonds. The summed E-state index contributed by atoms with van der Waals surface area (Å²) in [5.74, 6) is -0.261. The number of rotatable bonds is 4. The van der Waals surface area contributed by atoms with E-state index in [4.69, 9.17) is 23.2 Å². The molecular formula is C18H16Cl2N4O. The lowest BCUT2D eigenvalue weighted by Crippen LogP contribution is -2.16. The summed E-state index contributed by atoms with van der Waals surface area (Å²) in [4.78, 5) is 12.6. The predicted molar refractivity (Wildman–Crippen MR) is 99.9 cm³/mol. The summed E-state index contributed by atoms with van der Waals surface area (Å²) >= 11 is 11.8. The molecule has 3 aromatic rings. The zero-order valence-corrected chi connectivity index (χ0v) is 15.2. The third-order valence-electron chi connectivity index (χ3n) is 3.64. The summed E-state index contributed by atoms with van der Waals surface area (Å²) in [6.07, 6.45) is 0. The largest absolute Gasteiger partial charge is 0.321 e. The molecule has 0 saturated heterocycles. The number of carbonyl (C=O) groups is 1. The first-order chi connectivity index (χ1) is 12.0. The Morgan fingerprint density at radius 1 is 1.00 bits per heavy atom. The van der Waals surface area contributed by atoms with Crippen LogP contribution in [0.5, 0.6) is 0 Å².